The Hall–Kier alpha value is -3.97. The SMILES string of the molecule is NC(=O)c1nc(Cn2nc(-c3ccc(Cl)cc3)n(CC(O)C(F)(F)F)c2=O)nn1-c1ccccc1. The highest BCUT2D eigenvalue weighted by molar-refractivity contribution is 6.30. The largest absolute Gasteiger partial charge is 0.416 e. The molecule has 2 aromatic heterocycles. The van der Waals surface area contributed by atoms with Crippen LogP contribution in [0.4, 0.5) is 13.2 Å². The van der Waals surface area contributed by atoms with Gasteiger partial charge in [0, 0.05) is 10.6 Å². The molecule has 0 aliphatic rings. The molecule has 1 amide bonds. The van der Waals surface area contributed by atoms with E-state index in [-0.39, 0.29) is 24.0 Å². The Morgan fingerprint density at radius 2 is 1.74 bits per heavy atom. The van der Waals surface area contributed by atoms with E-state index in [4.69, 9.17) is 17.3 Å². The van der Waals surface area contributed by atoms with Crippen molar-refractivity contribution in [2.24, 2.45) is 5.73 Å². The van der Waals surface area contributed by atoms with Crippen molar-refractivity contribution in [2.75, 3.05) is 0 Å². The third-order valence-corrected chi connectivity index (χ3v) is 5.17. The Kier molecular flexibility index (Phi) is 6.45. The Bertz CT molecular complexity index is 1410. The number of aliphatic hydroxyl groups is 1. The topological polar surface area (TPSA) is 134 Å². The first kappa shape index (κ1) is 24.2. The van der Waals surface area contributed by atoms with Gasteiger partial charge < -0.3 is 10.8 Å². The van der Waals surface area contributed by atoms with E-state index in [9.17, 15) is 27.9 Å². The second-order valence-corrected chi connectivity index (χ2v) is 7.84. The molecule has 0 saturated heterocycles. The molecule has 182 valence electrons. The van der Waals surface area contributed by atoms with Crippen LogP contribution < -0.4 is 11.4 Å². The van der Waals surface area contributed by atoms with E-state index in [0.717, 1.165) is 4.68 Å². The van der Waals surface area contributed by atoms with Crippen molar-refractivity contribution in [1.29, 1.82) is 0 Å². The summed E-state index contributed by atoms with van der Waals surface area (Å²) in [6, 6.07) is 14.4. The van der Waals surface area contributed by atoms with Crippen molar-refractivity contribution in [2.45, 2.75) is 25.4 Å². The standard InChI is InChI=1S/C21H17ClF3N7O3/c22-13-8-6-12(7-9-13)18-29-31(20(35)30(18)10-15(33)21(23,24)25)11-16-27-19(17(26)34)32(28-16)14-4-2-1-3-5-14/h1-9,15,33H,10-11H2,(H2,26,34). The second kappa shape index (κ2) is 9.35. The fraction of sp³-hybridized carbons (Fsp3) is 0.190. The van der Waals surface area contributed by atoms with Crippen LogP contribution in [0.15, 0.2) is 59.4 Å². The maximum atomic E-state index is 13.0. The van der Waals surface area contributed by atoms with Crippen LogP contribution in [0.3, 0.4) is 0 Å². The van der Waals surface area contributed by atoms with Gasteiger partial charge >= 0.3 is 11.9 Å². The molecule has 0 spiro atoms. The number of alkyl halides is 3. The number of para-hydroxylation sites is 1. The third kappa shape index (κ3) is 5.10. The molecule has 35 heavy (non-hydrogen) atoms. The summed E-state index contributed by atoms with van der Waals surface area (Å²) in [6.07, 6.45) is -7.76. The molecule has 0 bridgehead atoms. The molecule has 10 nitrogen and oxygen atoms in total. The van der Waals surface area contributed by atoms with Gasteiger partial charge in [-0.3, -0.25) is 9.36 Å². The van der Waals surface area contributed by atoms with Crippen molar-refractivity contribution in [3.05, 3.63) is 81.8 Å². The molecule has 0 fully saturated rings. The number of halogens is 4. The van der Waals surface area contributed by atoms with Gasteiger partial charge in [-0.25, -0.2) is 19.1 Å². The van der Waals surface area contributed by atoms with Gasteiger partial charge in [0.2, 0.25) is 5.82 Å². The number of carbonyl (C=O) groups is 1. The van der Waals surface area contributed by atoms with E-state index in [0.29, 0.717) is 20.8 Å². The first-order chi connectivity index (χ1) is 16.5. The number of amides is 1. The lowest BCUT2D eigenvalue weighted by Gasteiger charge is -2.15. The number of nitrogens with zero attached hydrogens (tertiary/aromatic N) is 6. The van der Waals surface area contributed by atoms with Gasteiger partial charge in [0.1, 0.15) is 6.54 Å². The highest BCUT2D eigenvalue weighted by Gasteiger charge is 2.39. The van der Waals surface area contributed by atoms with E-state index < -0.39 is 30.4 Å². The minimum atomic E-state index is -4.95. The van der Waals surface area contributed by atoms with Crippen LogP contribution in [0.5, 0.6) is 0 Å². The highest BCUT2D eigenvalue weighted by Crippen LogP contribution is 2.24. The fourth-order valence-electron chi connectivity index (χ4n) is 3.26. The summed E-state index contributed by atoms with van der Waals surface area (Å²) < 4.78 is 41.8. The van der Waals surface area contributed by atoms with Crippen LogP contribution in [0.2, 0.25) is 5.02 Å². The lowest BCUT2D eigenvalue weighted by atomic mass is 10.2. The van der Waals surface area contributed by atoms with Gasteiger partial charge in [0.25, 0.3) is 5.91 Å². The maximum Gasteiger partial charge on any atom is 0.416 e. The number of benzene rings is 2. The summed E-state index contributed by atoms with van der Waals surface area (Å²) in [5.41, 5.74) is 5.23. The van der Waals surface area contributed by atoms with Gasteiger partial charge in [-0.2, -0.15) is 13.2 Å². The summed E-state index contributed by atoms with van der Waals surface area (Å²) in [5, 5.41) is 18.3. The molecular formula is C21H17ClF3N7O3. The van der Waals surface area contributed by atoms with Crippen molar-refractivity contribution < 1.29 is 23.1 Å². The zero-order valence-corrected chi connectivity index (χ0v) is 18.5. The molecule has 4 aromatic rings. The molecule has 2 heterocycles. The van der Waals surface area contributed by atoms with Crippen LogP contribution in [-0.4, -0.2) is 52.4 Å². The predicted octanol–water partition coefficient (Wildman–Crippen LogP) is 2.02. The van der Waals surface area contributed by atoms with Crippen molar-refractivity contribution in [3.63, 3.8) is 0 Å². The van der Waals surface area contributed by atoms with E-state index in [1.54, 1.807) is 30.3 Å². The average Bonchev–Trinajstić information content (AvgIpc) is 3.37. The Morgan fingerprint density at radius 3 is 2.34 bits per heavy atom. The first-order valence-electron chi connectivity index (χ1n) is 10.0. The van der Waals surface area contributed by atoms with Crippen LogP contribution in [0, 0.1) is 0 Å². The van der Waals surface area contributed by atoms with Crippen molar-refractivity contribution >= 4 is 17.5 Å². The number of aliphatic hydroxyl groups excluding tert-OH is 1. The number of nitrogens with two attached hydrogens (primary N) is 1. The van der Waals surface area contributed by atoms with E-state index in [2.05, 4.69) is 15.2 Å². The quantitative estimate of drug-likeness (QED) is 0.393. The second-order valence-electron chi connectivity index (χ2n) is 7.40. The van der Waals surface area contributed by atoms with Crippen LogP contribution in [-0.2, 0) is 13.1 Å². The third-order valence-electron chi connectivity index (χ3n) is 4.92. The molecule has 1 atom stereocenters. The van der Waals surface area contributed by atoms with Gasteiger partial charge in [0.05, 0.1) is 12.2 Å². The maximum absolute atomic E-state index is 13.0. The lowest BCUT2D eigenvalue weighted by molar-refractivity contribution is -0.207. The Morgan fingerprint density at radius 1 is 1.09 bits per heavy atom. The van der Waals surface area contributed by atoms with Gasteiger partial charge in [-0.15, -0.1) is 10.2 Å². The Balaban J connectivity index is 1.77. The Labute approximate surface area is 200 Å². The summed E-state index contributed by atoms with van der Waals surface area (Å²) in [7, 11) is 0. The molecular weight excluding hydrogens is 491 g/mol. The van der Waals surface area contributed by atoms with Crippen molar-refractivity contribution in [3.8, 4) is 17.1 Å². The molecule has 14 heteroatoms. The minimum absolute atomic E-state index is 0.0339. The molecule has 0 radical (unpaired) electrons. The molecule has 0 aliphatic heterocycles. The normalized spacial score (nSPS) is 12.6. The van der Waals surface area contributed by atoms with Crippen LogP contribution >= 0.6 is 11.6 Å². The summed E-state index contributed by atoms with van der Waals surface area (Å²) in [4.78, 5) is 28.9. The van der Waals surface area contributed by atoms with E-state index >= 15 is 0 Å². The molecule has 4 rings (SSSR count). The number of carbonyl (C=O) groups excluding carboxylic acids is 1. The van der Waals surface area contributed by atoms with Gasteiger partial charge in [0.15, 0.2) is 17.8 Å². The average molecular weight is 508 g/mol. The molecule has 1 unspecified atom stereocenters. The zero-order chi connectivity index (χ0) is 25.3. The minimum Gasteiger partial charge on any atom is -0.382 e. The van der Waals surface area contributed by atoms with E-state index in [1.165, 1.54) is 28.9 Å². The van der Waals surface area contributed by atoms with Gasteiger partial charge in [-0.05, 0) is 36.4 Å². The molecule has 0 aliphatic carbocycles. The first-order valence-corrected chi connectivity index (χ1v) is 10.4. The number of hydrogen-bond donors (Lipinski definition) is 2. The van der Waals surface area contributed by atoms with Crippen molar-refractivity contribution in [1.82, 2.24) is 29.1 Å². The fourth-order valence-corrected chi connectivity index (χ4v) is 3.39. The number of aromatic nitrogens is 6. The smallest absolute Gasteiger partial charge is 0.382 e. The number of hydrogen-bond acceptors (Lipinski definition) is 6. The van der Waals surface area contributed by atoms with Gasteiger partial charge in [-0.1, -0.05) is 29.8 Å². The predicted molar refractivity (Wildman–Crippen MR) is 118 cm³/mol. The molecule has 0 saturated carbocycles. The molecule has 3 N–H and O–H groups in total. The monoisotopic (exact) mass is 507 g/mol. The number of rotatable bonds is 7. The summed E-state index contributed by atoms with van der Waals surface area (Å²) in [6.45, 7) is -1.46. The summed E-state index contributed by atoms with van der Waals surface area (Å²) in [5.74, 6) is -1.24. The molecule has 2 aromatic carbocycles. The zero-order valence-electron chi connectivity index (χ0n) is 17.7. The lowest BCUT2D eigenvalue weighted by Crippen LogP contribution is -2.37. The van der Waals surface area contributed by atoms with Crippen LogP contribution in [0.25, 0.3) is 17.1 Å². The van der Waals surface area contributed by atoms with E-state index in [1.807, 2.05) is 0 Å². The highest BCUT2D eigenvalue weighted by atomic mass is 35.5. The number of primary amides is 1. The summed E-state index contributed by atoms with van der Waals surface area (Å²) >= 11 is 5.88. The van der Waals surface area contributed by atoms with Crippen LogP contribution in [0.1, 0.15) is 16.4 Å².